The minimum Gasteiger partial charge on any atom is -0.395 e. The number of hydrogen-bond acceptors (Lipinski definition) is 8. The van der Waals surface area contributed by atoms with Gasteiger partial charge in [0, 0.05) is 86.0 Å². The van der Waals surface area contributed by atoms with Gasteiger partial charge in [-0.2, -0.15) is 11.8 Å². The van der Waals surface area contributed by atoms with Crippen LogP contribution in [0.5, 0.6) is 0 Å². The van der Waals surface area contributed by atoms with Crippen LogP contribution in [0.1, 0.15) is 62.3 Å². The number of nitrogens with one attached hydrogen (secondary N) is 2. The number of likely N-dealkylation sites (N-methyl/N-ethyl adjacent to an activating group) is 2. The Morgan fingerprint density at radius 3 is 2.08 bits per heavy atom. The van der Waals surface area contributed by atoms with E-state index in [2.05, 4.69) is 104 Å². The largest absolute Gasteiger partial charge is 0.395 e. The lowest BCUT2D eigenvalue weighted by Gasteiger charge is -2.37. The van der Waals surface area contributed by atoms with Gasteiger partial charge < -0.3 is 36.2 Å². The standard InChI is InChI=1S/C15H26N4O.C15H25N3.C3H6.C2H6S.C2H6.C2H4/c1-7-14(18-12(4)16)19-10(2)13(8-17-6)15(5,9-20)11(19)3;1-4-16-14-6-5-13(2)15(8-7-14)18-11-9-17(3)10-12-18;2*1-3-2;2*1-2/h7-8,11,17,20H,2,9H2,1,3-6H3,(H2,16,18);5-8,13,16H,4,9-12H2,1-3H3;3H,1H2,2H3;1-2H3;1-2H3;1-2H2/b13-8+,14-7+;;;;;/t11?,15-;;;;;/m0...../s1. The summed E-state index contributed by atoms with van der Waals surface area (Å²) < 4.78 is 0. The van der Waals surface area contributed by atoms with Crippen molar-refractivity contribution >= 4 is 17.6 Å². The Morgan fingerprint density at radius 2 is 1.67 bits per heavy atom. The fourth-order valence-electron chi connectivity index (χ4n) is 5.10. The second-order valence-corrected chi connectivity index (χ2v) is 12.1. The quantitative estimate of drug-likeness (QED) is 0.125. The number of aliphatic hydroxyl groups excluding tert-OH is 1. The van der Waals surface area contributed by atoms with E-state index in [4.69, 9.17) is 5.73 Å². The summed E-state index contributed by atoms with van der Waals surface area (Å²) in [6, 6.07) is 0.0360. The molecule has 276 valence electrons. The maximum absolute atomic E-state index is 9.85. The van der Waals surface area contributed by atoms with Crippen LogP contribution in [-0.2, 0) is 0 Å². The van der Waals surface area contributed by atoms with Gasteiger partial charge in [0.05, 0.1) is 12.4 Å². The van der Waals surface area contributed by atoms with Gasteiger partial charge in [-0.1, -0.05) is 46.4 Å². The Hall–Kier alpha value is -3.14. The molecule has 0 aromatic heterocycles. The normalized spacial score (nSPS) is 23.0. The van der Waals surface area contributed by atoms with Gasteiger partial charge in [0.2, 0.25) is 0 Å². The van der Waals surface area contributed by atoms with E-state index in [9.17, 15) is 5.11 Å². The molecule has 48 heavy (non-hydrogen) atoms. The number of amidine groups is 1. The number of nitrogens with two attached hydrogens (primary N) is 1. The molecule has 2 fully saturated rings. The molecule has 0 aromatic carbocycles. The van der Waals surface area contributed by atoms with Crippen molar-refractivity contribution < 1.29 is 5.11 Å². The third kappa shape index (κ3) is 16.3. The second kappa shape index (κ2) is 28.8. The molecule has 0 saturated carbocycles. The van der Waals surface area contributed by atoms with Crippen molar-refractivity contribution in [2.24, 2.45) is 22.1 Å². The highest BCUT2D eigenvalue weighted by molar-refractivity contribution is 7.97. The summed E-state index contributed by atoms with van der Waals surface area (Å²) in [5.41, 5.74) is 9.79. The average molecular weight is 688 g/mol. The van der Waals surface area contributed by atoms with Crippen LogP contribution < -0.4 is 16.4 Å². The van der Waals surface area contributed by atoms with E-state index in [-0.39, 0.29) is 12.6 Å². The second-order valence-electron chi connectivity index (χ2n) is 11.3. The van der Waals surface area contributed by atoms with Crippen LogP contribution in [0.25, 0.3) is 0 Å². The Bertz CT molecular complexity index is 1080. The van der Waals surface area contributed by atoms with Gasteiger partial charge in [-0.05, 0) is 78.5 Å². The molecule has 1 aliphatic carbocycles. The number of hydrogen-bond donors (Lipinski definition) is 4. The molecule has 2 aliphatic heterocycles. The summed E-state index contributed by atoms with van der Waals surface area (Å²) >= 11 is 1.75. The van der Waals surface area contributed by atoms with Crippen LogP contribution in [0.4, 0.5) is 0 Å². The van der Waals surface area contributed by atoms with Gasteiger partial charge in [0.1, 0.15) is 5.82 Å². The molecule has 2 saturated heterocycles. The molecule has 0 radical (unpaired) electrons. The smallest absolute Gasteiger partial charge is 0.130 e. The number of thioether (sulfide) groups is 1. The number of allylic oxidation sites excluding steroid dienone is 7. The predicted molar refractivity (Wildman–Crippen MR) is 219 cm³/mol. The van der Waals surface area contributed by atoms with Crippen molar-refractivity contribution in [3.63, 3.8) is 0 Å². The van der Waals surface area contributed by atoms with Crippen LogP contribution >= 0.6 is 11.8 Å². The molecule has 8 nitrogen and oxygen atoms in total. The Balaban J connectivity index is -0.000000666. The van der Waals surface area contributed by atoms with E-state index in [1.54, 1.807) is 24.8 Å². The van der Waals surface area contributed by atoms with E-state index >= 15 is 0 Å². The lowest BCUT2D eigenvalue weighted by Crippen LogP contribution is -2.44. The average Bonchev–Trinajstić information content (AvgIpc) is 3.17. The zero-order chi connectivity index (χ0) is 37.9. The summed E-state index contributed by atoms with van der Waals surface area (Å²) in [5, 5.41) is 16.3. The minimum absolute atomic E-state index is 0.0360. The predicted octanol–water partition coefficient (Wildman–Crippen LogP) is 7.36. The van der Waals surface area contributed by atoms with Crippen LogP contribution in [0, 0.1) is 11.3 Å². The fraction of sp³-hybridized carbons (Fsp3) is 0.564. The van der Waals surface area contributed by atoms with Gasteiger partial charge in [-0.25, -0.2) is 4.99 Å². The first-order valence-electron chi connectivity index (χ1n) is 17.1. The molecule has 0 bridgehead atoms. The summed E-state index contributed by atoms with van der Waals surface area (Å²) in [4.78, 5) is 11.3. The van der Waals surface area contributed by atoms with Gasteiger partial charge in [0.25, 0.3) is 0 Å². The molecule has 5 N–H and O–H groups in total. The Kier molecular flexibility index (Phi) is 29.6. The van der Waals surface area contributed by atoms with E-state index in [1.807, 2.05) is 71.4 Å². The molecule has 3 atom stereocenters. The summed E-state index contributed by atoms with van der Waals surface area (Å²) in [5.74, 6) is 1.75. The van der Waals surface area contributed by atoms with Crippen molar-refractivity contribution in [1.82, 2.24) is 25.3 Å². The summed E-state index contributed by atoms with van der Waals surface area (Å²) in [6.45, 7) is 37.2. The zero-order valence-corrected chi connectivity index (χ0v) is 33.8. The highest BCUT2D eigenvalue weighted by atomic mass is 32.2. The number of likely N-dealkylation sites (tertiary alicyclic amines) is 1. The maximum Gasteiger partial charge on any atom is 0.130 e. The summed E-state index contributed by atoms with van der Waals surface area (Å²) in [6.07, 6.45) is 18.6. The van der Waals surface area contributed by atoms with E-state index in [1.165, 1.54) is 11.4 Å². The highest BCUT2D eigenvalue weighted by Crippen LogP contribution is 2.48. The van der Waals surface area contributed by atoms with Gasteiger partial charge in [-0.3, -0.25) is 0 Å². The first-order chi connectivity index (χ1) is 22.9. The third-order valence-electron chi connectivity index (χ3n) is 7.65. The molecule has 0 aromatic rings. The van der Waals surface area contributed by atoms with Crippen molar-refractivity contribution in [1.29, 1.82) is 0 Å². The van der Waals surface area contributed by atoms with Gasteiger partial charge in [-0.15, -0.1) is 19.7 Å². The number of aliphatic imine (C=N–C) groups is 1. The molecule has 0 amide bonds. The SMILES string of the molecule is C=C.C=C1/C(=C\NC)[C@@](C)(CO)C(C)N1C(=C/C)/N=C(\C)N.C=CC.CC.CCNC1=CC=C(N2CCN(C)CC2)C(C)C=C1.CSC. The molecular weight excluding hydrogens is 615 g/mol. The Morgan fingerprint density at radius 1 is 1.15 bits per heavy atom. The van der Waals surface area contributed by atoms with E-state index in [0.29, 0.717) is 11.8 Å². The highest BCUT2D eigenvalue weighted by Gasteiger charge is 2.48. The Labute approximate surface area is 301 Å². The van der Waals surface area contributed by atoms with E-state index < -0.39 is 5.41 Å². The number of rotatable bonds is 7. The van der Waals surface area contributed by atoms with Crippen LogP contribution in [0.15, 0.2) is 102 Å². The molecule has 3 aliphatic rings. The molecule has 2 heterocycles. The van der Waals surface area contributed by atoms with Crippen molar-refractivity contribution in [3.8, 4) is 0 Å². The van der Waals surface area contributed by atoms with Crippen molar-refractivity contribution in [2.45, 2.75) is 68.4 Å². The number of nitrogens with zero attached hydrogens (tertiary/aromatic N) is 4. The zero-order valence-electron chi connectivity index (χ0n) is 33.0. The van der Waals surface area contributed by atoms with Crippen LogP contribution in [0.2, 0.25) is 0 Å². The monoisotopic (exact) mass is 688 g/mol. The maximum atomic E-state index is 9.85. The lowest BCUT2D eigenvalue weighted by molar-refractivity contribution is 0.132. The molecule has 3 rings (SSSR count). The number of piperazine rings is 1. The minimum atomic E-state index is -0.396. The number of aliphatic hydroxyl groups is 1. The molecule has 2 unspecified atom stereocenters. The summed E-state index contributed by atoms with van der Waals surface area (Å²) in [7, 11) is 4.04. The lowest BCUT2D eigenvalue weighted by atomic mass is 9.80. The van der Waals surface area contributed by atoms with Crippen molar-refractivity contribution in [2.75, 3.05) is 65.9 Å². The van der Waals surface area contributed by atoms with Crippen LogP contribution in [0.3, 0.4) is 0 Å². The first-order valence-corrected chi connectivity index (χ1v) is 18.7. The molecule has 9 heteroatoms. The van der Waals surface area contributed by atoms with Gasteiger partial charge >= 0.3 is 0 Å². The van der Waals surface area contributed by atoms with Crippen molar-refractivity contribution in [3.05, 3.63) is 97.5 Å². The molecule has 0 spiro atoms. The first kappa shape index (κ1) is 49.2. The van der Waals surface area contributed by atoms with E-state index in [0.717, 1.165) is 49.8 Å². The third-order valence-corrected chi connectivity index (χ3v) is 7.65. The van der Waals surface area contributed by atoms with Gasteiger partial charge in [0.15, 0.2) is 0 Å². The molecular formula is C39H73N7OS. The fourth-order valence-corrected chi connectivity index (χ4v) is 5.10. The van der Waals surface area contributed by atoms with Crippen LogP contribution in [-0.4, -0.2) is 97.6 Å². The topological polar surface area (TPSA) is 92.4 Å².